The van der Waals surface area contributed by atoms with Crippen LogP contribution in [0, 0.1) is 11.8 Å². The normalized spacial score (nSPS) is 23.3. The van der Waals surface area contributed by atoms with E-state index in [4.69, 9.17) is 4.74 Å². The number of Topliss-reactive ketones (excluding diaryl/α,β-unsaturated/α-hetero) is 1. The van der Waals surface area contributed by atoms with Gasteiger partial charge >= 0.3 is 0 Å². The minimum atomic E-state index is 0.158. The molecule has 4 nitrogen and oxygen atoms in total. The van der Waals surface area contributed by atoms with Gasteiger partial charge in [0.1, 0.15) is 5.69 Å². The molecule has 1 fully saturated rings. The van der Waals surface area contributed by atoms with Gasteiger partial charge in [-0.15, -0.1) is 0 Å². The second-order valence-corrected chi connectivity index (χ2v) is 5.03. The summed E-state index contributed by atoms with van der Waals surface area (Å²) in [5, 5.41) is 4.21. The molecular formula is C14H22N2O2. The molecule has 18 heavy (non-hydrogen) atoms. The number of nitrogens with zero attached hydrogens (tertiary/aromatic N) is 2. The fourth-order valence-electron chi connectivity index (χ4n) is 2.88. The van der Waals surface area contributed by atoms with Gasteiger partial charge in [0.15, 0.2) is 11.5 Å². The third-order valence-corrected chi connectivity index (χ3v) is 4.05. The highest BCUT2D eigenvalue weighted by atomic mass is 16.5. The van der Waals surface area contributed by atoms with Crippen molar-refractivity contribution < 1.29 is 9.53 Å². The molecule has 1 saturated carbocycles. The summed E-state index contributed by atoms with van der Waals surface area (Å²) in [5.74, 6) is 1.69. The van der Waals surface area contributed by atoms with Gasteiger partial charge in [0.25, 0.3) is 0 Å². The summed E-state index contributed by atoms with van der Waals surface area (Å²) in [6.45, 7) is 4.90. The van der Waals surface area contributed by atoms with Crippen LogP contribution in [0.25, 0.3) is 0 Å². The van der Waals surface area contributed by atoms with Crippen molar-refractivity contribution in [2.24, 2.45) is 11.8 Å². The molecule has 0 spiro atoms. The van der Waals surface area contributed by atoms with Crippen molar-refractivity contribution in [1.82, 2.24) is 9.78 Å². The number of rotatable bonds is 5. The molecule has 0 saturated heterocycles. The largest absolute Gasteiger partial charge is 0.493 e. The Morgan fingerprint density at radius 3 is 2.83 bits per heavy atom. The van der Waals surface area contributed by atoms with E-state index >= 15 is 0 Å². The van der Waals surface area contributed by atoms with Gasteiger partial charge in [0.05, 0.1) is 13.3 Å². The second-order valence-electron chi connectivity index (χ2n) is 5.03. The van der Waals surface area contributed by atoms with E-state index < -0.39 is 0 Å². The first-order valence-corrected chi connectivity index (χ1v) is 6.85. The van der Waals surface area contributed by atoms with Crippen molar-refractivity contribution in [3.8, 4) is 5.75 Å². The van der Waals surface area contributed by atoms with E-state index in [0.717, 1.165) is 12.8 Å². The maximum absolute atomic E-state index is 12.6. The maximum atomic E-state index is 12.6. The molecule has 0 N–H and O–H groups in total. The van der Waals surface area contributed by atoms with Crippen LogP contribution in [0.15, 0.2) is 6.20 Å². The van der Waals surface area contributed by atoms with Crippen LogP contribution < -0.4 is 4.74 Å². The van der Waals surface area contributed by atoms with Crippen LogP contribution in [-0.4, -0.2) is 22.7 Å². The van der Waals surface area contributed by atoms with Gasteiger partial charge in [-0.25, -0.2) is 0 Å². The third kappa shape index (κ3) is 2.28. The van der Waals surface area contributed by atoms with Crippen molar-refractivity contribution >= 4 is 5.78 Å². The molecule has 1 aromatic heterocycles. The SMILES string of the molecule is CCC1CCC(C(=O)c2c(OC)cnn2CC)C1. The number of aryl methyl sites for hydroxylation is 1. The fraction of sp³-hybridized carbons (Fsp3) is 0.714. The number of aromatic nitrogens is 2. The minimum absolute atomic E-state index is 0.158. The smallest absolute Gasteiger partial charge is 0.187 e. The Balaban J connectivity index is 2.20. The molecule has 2 rings (SSSR count). The summed E-state index contributed by atoms with van der Waals surface area (Å²) in [6, 6.07) is 0. The Hall–Kier alpha value is -1.32. The van der Waals surface area contributed by atoms with Gasteiger partial charge in [-0.1, -0.05) is 13.3 Å². The molecule has 100 valence electrons. The molecule has 0 bridgehead atoms. The fourth-order valence-corrected chi connectivity index (χ4v) is 2.88. The summed E-state index contributed by atoms with van der Waals surface area (Å²) >= 11 is 0. The van der Waals surface area contributed by atoms with E-state index in [1.807, 2.05) is 6.92 Å². The Labute approximate surface area is 108 Å². The standard InChI is InChI=1S/C14H22N2O2/c1-4-10-6-7-11(8-10)14(17)13-12(18-3)9-15-16(13)5-2/h9-11H,4-8H2,1-3H3. The molecule has 2 unspecified atom stereocenters. The van der Waals surface area contributed by atoms with E-state index in [-0.39, 0.29) is 11.7 Å². The number of carbonyl (C=O) groups is 1. The number of methoxy groups -OCH3 is 1. The van der Waals surface area contributed by atoms with Crippen molar-refractivity contribution in [1.29, 1.82) is 0 Å². The Morgan fingerprint density at radius 2 is 2.28 bits per heavy atom. The van der Waals surface area contributed by atoms with Crippen molar-refractivity contribution in [2.45, 2.75) is 46.1 Å². The average Bonchev–Trinajstić information content (AvgIpc) is 3.03. The maximum Gasteiger partial charge on any atom is 0.187 e. The molecule has 0 aliphatic heterocycles. The number of carbonyl (C=O) groups excluding carboxylic acids is 1. The predicted octanol–water partition coefficient (Wildman–Crippen LogP) is 2.92. The molecule has 0 aromatic carbocycles. The van der Waals surface area contributed by atoms with Crippen LogP contribution >= 0.6 is 0 Å². The highest BCUT2D eigenvalue weighted by Gasteiger charge is 2.32. The van der Waals surface area contributed by atoms with Gasteiger partial charge < -0.3 is 4.74 Å². The average molecular weight is 250 g/mol. The summed E-state index contributed by atoms with van der Waals surface area (Å²) in [4.78, 5) is 12.6. The molecule has 0 radical (unpaired) electrons. The number of ether oxygens (including phenoxy) is 1. The molecule has 1 aliphatic rings. The van der Waals surface area contributed by atoms with Gasteiger partial charge in [-0.3, -0.25) is 9.48 Å². The first-order chi connectivity index (χ1) is 8.71. The Morgan fingerprint density at radius 1 is 1.50 bits per heavy atom. The molecule has 0 amide bonds. The van der Waals surface area contributed by atoms with Gasteiger partial charge in [-0.05, 0) is 32.1 Å². The van der Waals surface area contributed by atoms with Crippen LogP contribution in [0.2, 0.25) is 0 Å². The van der Waals surface area contributed by atoms with E-state index in [2.05, 4.69) is 12.0 Å². The lowest BCUT2D eigenvalue weighted by atomic mass is 9.97. The Kier molecular flexibility index (Phi) is 4.04. The lowest BCUT2D eigenvalue weighted by molar-refractivity contribution is 0.0905. The number of hydrogen-bond donors (Lipinski definition) is 0. The highest BCUT2D eigenvalue weighted by molar-refractivity contribution is 5.98. The first kappa shape index (κ1) is 13.1. The lowest BCUT2D eigenvalue weighted by Crippen LogP contribution is -2.18. The van der Waals surface area contributed by atoms with E-state index in [9.17, 15) is 4.79 Å². The molecule has 1 heterocycles. The number of ketones is 1. The molecule has 2 atom stereocenters. The van der Waals surface area contributed by atoms with Crippen molar-refractivity contribution in [3.63, 3.8) is 0 Å². The van der Waals surface area contributed by atoms with Crippen LogP contribution in [0.3, 0.4) is 0 Å². The summed E-state index contributed by atoms with van der Waals surface area (Å²) in [7, 11) is 1.59. The molecule has 4 heteroatoms. The van der Waals surface area contributed by atoms with Crippen LogP contribution in [-0.2, 0) is 6.54 Å². The summed E-state index contributed by atoms with van der Waals surface area (Å²) < 4.78 is 7.01. The van der Waals surface area contributed by atoms with Crippen molar-refractivity contribution in [3.05, 3.63) is 11.9 Å². The number of hydrogen-bond acceptors (Lipinski definition) is 3. The highest BCUT2D eigenvalue weighted by Crippen LogP contribution is 2.36. The Bertz CT molecular complexity index is 404. The van der Waals surface area contributed by atoms with Crippen LogP contribution in [0.4, 0.5) is 0 Å². The molecule has 1 aromatic rings. The van der Waals surface area contributed by atoms with E-state index in [0.29, 0.717) is 23.9 Å². The summed E-state index contributed by atoms with van der Waals surface area (Å²) in [5.41, 5.74) is 0.654. The van der Waals surface area contributed by atoms with Gasteiger partial charge in [0, 0.05) is 12.5 Å². The van der Waals surface area contributed by atoms with Gasteiger partial charge in [0.2, 0.25) is 0 Å². The van der Waals surface area contributed by atoms with E-state index in [1.54, 1.807) is 18.0 Å². The quantitative estimate of drug-likeness (QED) is 0.755. The van der Waals surface area contributed by atoms with Crippen LogP contribution in [0.5, 0.6) is 5.75 Å². The topological polar surface area (TPSA) is 44.1 Å². The zero-order valence-electron chi connectivity index (χ0n) is 11.5. The van der Waals surface area contributed by atoms with Gasteiger partial charge in [-0.2, -0.15) is 5.10 Å². The molecule has 1 aliphatic carbocycles. The van der Waals surface area contributed by atoms with Crippen molar-refractivity contribution in [2.75, 3.05) is 7.11 Å². The second kappa shape index (κ2) is 5.55. The minimum Gasteiger partial charge on any atom is -0.493 e. The zero-order chi connectivity index (χ0) is 13.1. The summed E-state index contributed by atoms with van der Waals surface area (Å²) in [6.07, 6.45) is 6.02. The zero-order valence-corrected chi connectivity index (χ0v) is 11.5. The van der Waals surface area contributed by atoms with Crippen LogP contribution in [0.1, 0.15) is 50.0 Å². The molecular weight excluding hydrogens is 228 g/mol. The predicted molar refractivity (Wildman–Crippen MR) is 69.9 cm³/mol. The monoisotopic (exact) mass is 250 g/mol. The van der Waals surface area contributed by atoms with E-state index in [1.165, 1.54) is 12.8 Å². The third-order valence-electron chi connectivity index (χ3n) is 4.05. The lowest BCUT2D eigenvalue weighted by Gasteiger charge is -2.11. The first-order valence-electron chi connectivity index (χ1n) is 6.85.